The highest BCUT2D eigenvalue weighted by atomic mass is 35.5. The fraction of sp³-hybridized carbons (Fsp3) is 0.333. The van der Waals surface area contributed by atoms with Gasteiger partial charge in [-0.25, -0.2) is 0 Å². The number of carbonyl (C=O) groups excluding carboxylic acids is 1. The molecule has 0 fully saturated rings. The number of allylic oxidation sites excluding steroid dienone is 2. The second-order valence-electron chi connectivity index (χ2n) is 4.90. The van der Waals surface area contributed by atoms with Crippen molar-refractivity contribution in [1.82, 2.24) is 0 Å². The van der Waals surface area contributed by atoms with Crippen molar-refractivity contribution in [3.63, 3.8) is 0 Å². The predicted molar refractivity (Wildman–Crippen MR) is 77.8 cm³/mol. The highest BCUT2D eigenvalue weighted by molar-refractivity contribution is 6.31. The number of anilines is 1. The first-order valence-corrected chi connectivity index (χ1v) is 6.82. The van der Waals surface area contributed by atoms with Gasteiger partial charge in [0.15, 0.2) is 0 Å². The lowest BCUT2D eigenvalue weighted by Gasteiger charge is -2.24. The van der Waals surface area contributed by atoms with Crippen LogP contribution < -0.4 is 5.32 Å². The minimum Gasteiger partial charge on any atom is -0.481 e. The second-order valence-corrected chi connectivity index (χ2v) is 5.30. The molecule has 0 heterocycles. The highest BCUT2D eigenvalue weighted by Crippen LogP contribution is 2.29. The molecule has 2 N–H and O–H groups in total. The van der Waals surface area contributed by atoms with E-state index in [9.17, 15) is 14.7 Å². The van der Waals surface area contributed by atoms with Crippen LogP contribution >= 0.6 is 11.6 Å². The van der Waals surface area contributed by atoms with E-state index in [-0.39, 0.29) is 5.91 Å². The van der Waals surface area contributed by atoms with Gasteiger partial charge < -0.3 is 10.4 Å². The number of carboxylic acids is 1. The number of carbonyl (C=O) groups is 2. The summed E-state index contributed by atoms with van der Waals surface area (Å²) in [6, 6.07) is 5.25. The summed E-state index contributed by atoms with van der Waals surface area (Å²) in [7, 11) is 0. The average molecular weight is 294 g/mol. The van der Waals surface area contributed by atoms with Gasteiger partial charge in [0.2, 0.25) is 5.91 Å². The van der Waals surface area contributed by atoms with Crippen molar-refractivity contribution >= 4 is 29.2 Å². The van der Waals surface area contributed by atoms with Crippen molar-refractivity contribution < 1.29 is 14.7 Å². The van der Waals surface area contributed by atoms with E-state index in [0.29, 0.717) is 23.6 Å². The van der Waals surface area contributed by atoms with Crippen molar-refractivity contribution in [1.29, 1.82) is 0 Å². The molecule has 0 unspecified atom stereocenters. The standard InChI is InChI=1S/C15H16ClNO3/c1-9-12(16)7-4-8-13(9)17-14(18)10-5-2-3-6-11(10)15(19)20/h2-4,7-8,10-11H,5-6H2,1H3,(H,17,18)(H,19,20)/t10-,11-/m0/s1. The van der Waals surface area contributed by atoms with E-state index < -0.39 is 17.8 Å². The second kappa shape index (κ2) is 6.09. The molecule has 0 saturated heterocycles. The smallest absolute Gasteiger partial charge is 0.307 e. The maximum absolute atomic E-state index is 12.3. The lowest BCUT2D eigenvalue weighted by atomic mass is 9.82. The van der Waals surface area contributed by atoms with Crippen LogP contribution in [0.25, 0.3) is 0 Å². The number of aliphatic carboxylic acids is 1. The number of amides is 1. The van der Waals surface area contributed by atoms with Gasteiger partial charge in [0.25, 0.3) is 0 Å². The quantitative estimate of drug-likeness (QED) is 0.841. The molecule has 0 radical (unpaired) electrons. The van der Waals surface area contributed by atoms with Crippen LogP contribution in [0.2, 0.25) is 5.02 Å². The molecule has 1 aliphatic rings. The Morgan fingerprint density at radius 3 is 2.55 bits per heavy atom. The van der Waals surface area contributed by atoms with Gasteiger partial charge in [-0.2, -0.15) is 0 Å². The van der Waals surface area contributed by atoms with Gasteiger partial charge in [0.05, 0.1) is 11.8 Å². The van der Waals surface area contributed by atoms with Crippen LogP contribution in [-0.2, 0) is 9.59 Å². The van der Waals surface area contributed by atoms with Crippen LogP contribution in [0.4, 0.5) is 5.69 Å². The van der Waals surface area contributed by atoms with Crippen LogP contribution in [0.5, 0.6) is 0 Å². The third-order valence-corrected chi connectivity index (χ3v) is 4.02. The number of rotatable bonds is 3. The van der Waals surface area contributed by atoms with Gasteiger partial charge >= 0.3 is 5.97 Å². The summed E-state index contributed by atoms with van der Waals surface area (Å²) < 4.78 is 0. The van der Waals surface area contributed by atoms with Crippen molar-refractivity contribution in [2.45, 2.75) is 19.8 Å². The molecule has 2 atom stereocenters. The van der Waals surface area contributed by atoms with Gasteiger partial charge in [-0.1, -0.05) is 29.8 Å². The number of hydrogen-bond donors (Lipinski definition) is 2. The lowest BCUT2D eigenvalue weighted by Crippen LogP contribution is -2.34. The first-order valence-electron chi connectivity index (χ1n) is 6.44. The topological polar surface area (TPSA) is 66.4 Å². The van der Waals surface area contributed by atoms with Gasteiger partial charge in [-0.15, -0.1) is 0 Å². The molecule has 106 valence electrons. The number of halogens is 1. The summed E-state index contributed by atoms with van der Waals surface area (Å²) in [5, 5.41) is 12.5. The summed E-state index contributed by atoms with van der Waals surface area (Å²) in [6.45, 7) is 1.81. The molecule has 1 aromatic carbocycles. The largest absolute Gasteiger partial charge is 0.481 e. The summed E-state index contributed by atoms with van der Waals surface area (Å²) in [6.07, 6.45) is 4.51. The zero-order chi connectivity index (χ0) is 14.7. The zero-order valence-electron chi connectivity index (χ0n) is 11.1. The molecule has 2 rings (SSSR count). The fourth-order valence-corrected chi connectivity index (χ4v) is 2.52. The van der Waals surface area contributed by atoms with E-state index in [2.05, 4.69) is 5.32 Å². The van der Waals surface area contributed by atoms with E-state index in [4.69, 9.17) is 11.6 Å². The molecule has 20 heavy (non-hydrogen) atoms. The van der Waals surface area contributed by atoms with E-state index in [0.717, 1.165) is 5.56 Å². The maximum atomic E-state index is 12.3. The molecule has 0 bridgehead atoms. The Morgan fingerprint density at radius 1 is 1.25 bits per heavy atom. The molecule has 1 aromatic rings. The summed E-state index contributed by atoms with van der Waals surface area (Å²) in [4.78, 5) is 23.5. The Labute approximate surface area is 122 Å². The van der Waals surface area contributed by atoms with Crippen molar-refractivity contribution in [2.24, 2.45) is 11.8 Å². The zero-order valence-corrected chi connectivity index (χ0v) is 11.9. The first kappa shape index (κ1) is 14.6. The lowest BCUT2D eigenvalue weighted by molar-refractivity contribution is -0.146. The minimum atomic E-state index is -0.933. The highest BCUT2D eigenvalue weighted by Gasteiger charge is 2.34. The van der Waals surface area contributed by atoms with E-state index in [1.807, 2.05) is 19.1 Å². The monoisotopic (exact) mass is 293 g/mol. The Hall–Kier alpha value is -1.81. The molecule has 0 aromatic heterocycles. The van der Waals surface area contributed by atoms with Crippen LogP contribution in [-0.4, -0.2) is 17.0 Å². The molecule has 1 amide bonds. The molecule has 4 nitrogen and oxygen atoms in total. The normalized spacial score (nSPS) is 21.5. The number of benzene rings is 1. The molecular formula is C15H16ClNO3. The molecule has 0 aliphatic heterocycles. The summed E-state index contributed by atoms with van der Waals surface area (Å²) >= 11 is 6.01. The Balaban J connectivity index is 2.17. The number of carboxylic acid groups (broad SMARTS) is 1. The Bertz CT molecular complexity index is 568. The molecular weight excluding hydrogens is 278 g/mol. The number of nitrogens with one attached hydrogen (secondary N) is 1. The van der Waals surface area contributed by atoms with Crippen molar-refractivity contribution in [2.75, 3.05) is 5.32 Å². The maximum Gasteiger partial charge on any atom is 0.307 e. The van der Waals surface area contributed by atoms with Gasteiger partial charge in [-0.05, 0) is 37.5 Å². The first-order chi connectivity index (χ1) is 9.50. The molecule has 0 spiro atoms. The minimum absolute atomic E-state index is 0.271. The fourth-order valence-electron chi connectivity index (χ4n) is 2.35. The van der Waals surface area contributed by atoms with Crippen molar-refractivity contribution in [3.05, 3.63) is 40.9 Å². The van der Waals surface area contributed by atoms with Gasteiger partial charge in [-0.3, -0.25) is 9.59 Å². The third kappa shape index (κ3) is 3.02. The molecule has 5 heteroatoms. The Morgan fingerprint density at radius 2 is 1.90 bits per heavy atom. The van der Waals surface area contributed by atoms with Crippen molar-refractivity contribution in [3.8, 4) is 0 Å². The van der Waals surface area contributed by atoms with Gasteiger partial charge in [0.1, 0.15) is 0 Å². The van der Waals surface area contributed by atoms with E-state index in [1.165, 1.54) is 0 Å². The molecule has 0 saturated carbocycles. The summed E-state index contributed by atoms with van der Waals surface area (Å²) in [5.41, 5.74) is 1.40. The SMILES string of the molecule is Cc1c(Cl)cccc1NC(=O)[C@H]1CC=CC[C@@H]1C(=O)O. The average Bonchev–Trinajstić information content (AvgIpc) is 2.43. The van der Waals surface area contributed by atoms with Crippen LogP contribution in [0.1, 0.15) is 18.4 Å². The van der Waals surface area contributed by atoms with Crippen LogP contribution in [0.3, 0.4) is 0 Å². The van der Waals surface area contributed by atoms with Crippen LogP contribution in [0, 0.1) is 18.8 Å². The third-order valence-electron chi connectivity index (χ3n) is 3.61. The van der Waals surface area contributed by atoms with Crippen LogP contribution in [0.15, 0.2) is 30.4 Å². The number of hydrogen-bond acceptors (Lipinski definition) is 2. The van der Waals surface area contributed by atoms with E-state index >= 15 is 0 Å². The van der Waals surface area contributed by atoms with Gasteiger partial charge in [0, 0.05) is 10.7 Å². The van der Waals surface area contributed by atoms with E-state index in [1.54, 1.807) is 18.2 Å². The molecule has 1 aliphatic carbocycles. The predicted octanol–water partition coefficient (Wildman–Crippen LogP) is 3.25. The summed E-state index contributed by atoms with van der Waals surface area (Å²) in [5.74, 6) is -2.42. The Kier molecular flexibility index (Phi) is 4.45.